The predicted molar refractivity (Wildman–Crippen MR) is 121 cm³/mol. The summed E-state index contributed by atoms with van der Waals surface area (Å²) in [5.74, 6) is 1.22. The first kappa shape index (κ1) is 18.7. The number of halogens is 1. The Morgan fingerprint density at radius 3 is 2.71 bits per heavy atom. The van der Waals surface area contributed by atoms with Crippen molar-refractivity contribution in [1.82, 2.24) is 14.8 Å². The molecule has 6 rings (SSSR count). The van der Waals surface area contributed by atoms with E-state index in [9.17, 15) is 4.39 Å². The molecule has 8 heteroatoms. The number of anilines is 1. The molecule has 0 aliphatic carbocycles. The van der Waals surface area contributed by atoms with E-state index >= 15 is 0 Å². The van der Waals surface area contributed by atoms with E-state index in [1.54, 1.807) is 11.3 Å². The lowest BCUT2D eigenvalue weighted by atomic mass is 9.86. The molecule has 0 saturated heterocycles. The monoisotopic (exact) mass is 448 g/mol. The van der Waals surface area contributed by atoms with E-state index < -0.39 is 0 Å². The van der Waals surface area contributed by atoms with Gasteiger partial charge in [0.25, 0.3) is 0 Å². The van der Waals surface area contributed by atoms with E-state index in [1.165, 1.54) is 23.9 Å². The van der Waals surface area contributed by atoms with Crippen molar-refractivity contribution < 1.29 is 9.13 Å². The normalized spacial score (nSPS) is 19.2. The second-order valence-electron chi connectivity index (χ2n) is 7.29. The Bertz CT molecular complexity index is 1300. The van der Waals surface area contributed by atoms with Crippen LogP contribution < -0.4 is 10.1 Å². The van der Waals surface area contributed by atoms with Gasteiger partial charge in [0, 0.05) is 16.0 Å². The number of nitrogens with one attached hydrogen (secondary N) is 1. The van der Waals surface area contributed by atoms with Crippen LogP contribution >= 0.6 is 23.1 Å². The molecule has 0 amide bonds. The zero-order valence-corrected chi connectivity index (χ0v) is 18.1. The Kier molecular flexibility index (Phi) is 4.36. The number of thioether (sulfide) groups is 1. The van der Waals surface area contributed by atoms with Gasteiger partial charge in [-0.1, -0.05) is 42.1 Å². The number of fused-ring (bicyclic) bond motifs is 3. The number of hydrogen-bond acceptors (Lipinski definition) is 6. The lowest BCUT2D eigenvalue weighted by Gasteiger charge is -2.38. The topological polar surface area (TPSA) is 52.0 Å². The summed E-state index contributed by atoms with van der Waals surface area (Å²) in [5, 5.41) is 11.0. The summed E-state index contributed by atoms with van der Waals surface area (Å²) in [6.07, 6.45) is 1.66. The molecule has 4 aromatic rings. The molecule has 31 heavy (non-hydrogen) atoms. The first-order valence-corrected chi connectivity index (χ1v) is 11.9. The molecule has 1 N–H and O–H groups in total. The molecule has 0 unspecified atom stereocenters. The number of nitrogens with zero attached hydrogens (tertiary/aromatic N) is 3. The summed E-state index contributed by atoms with van der Waals surface area (Å²) >= 11 is 3.14. The number of para-hydroxylation sites is 1. The Balaban J connectivity index is 1.64. The lowest BCUT2D eigenvalue weighted by molar-refractivity contribution is 0.226. The van der Waals surface area contributed by atoms with Gasteiger partial charge >= 0.3 is 0 Å². The molecule has 4 heterocycles. The van der Waals surface area contributed by atoms with Gasteiger partial charge in [0.1, 0.15) is 17.6 Å². The molecule has 2 atom stereocenters. The number of rotatable bonds is 3. The summed E-state index contributed by atoms with van der Waals surface area (Å²) in [4.78, 5) is 5.77. The Labute approximate surface area is 186 Å². The van der Waals surface area contributed by atoms with E-state index in [1.807, 2.05) is 53.4 Å². The third-order valence-corrected chi connectivity index (χ3v) is 6.98. The second-order valence-corrected chi connectivity index (χ2v) is 9.04. The van der Waals surface area contributed by atoms with Crippen LogP contribution in [0.15, 0.2) is 76.8 Å². The van der Waals surface area contributed by atoms with Crippen molar-refractivity contribution in [1.29, 1.82) is 0 Å². The minimum Gasteiger partial charge on any atom is -0.480 e. The number of hydrogen-bond donors (Lipinski definition) is 1. The van der Waals surface area contributed by atoms with Crippen molar-refractivity contribution >= 4 is 34.7 Å². The zero-order valence-electron chi connectivity index (χ0n) is 16.4. The lowest BCUT2D eigenvalue weighted by Crippen LogP contribution is -2.32. The number of aromatic nitrogens is 3. The summed E-state index contributed by atoms with van der Waals surface area (Å²) in [6.45, 7) is 0. The van der Waals surface area contributed by atoms with Gasteiger partial charge in [-0.25, -0.2) is 9.07 Å². The highest BCUT2D eigenvalue weighted by atomic mass is 32.2. The average molecular weight is 449 g/mol. The van der Waals surface area contributed by atoms with Gasteiger partial charge in [0.15, 0.2) is 6.10 Å². The van der Waals surface area contributed by atoms with Crippen LogP contribution in [0.3, 0.4) is 0 Å². The summed E-state index contributed by atoms with van der Waals surface area (Å²) in [7, 11) is 0. The molecule has 154 valence electrons. The molecule has 0 fully saturated rings. The van der Waals surface area contributed by atoms with Gasteiger partial charge in [0.2, 0.25) is 11.1 Å². The molecule has 2 aliphatic rings. The van der Waals surface area contributed by atoms with Crippen LogP contribution in [0.2, 0.25) is 0 Å². The summed E-state index contributed by atoms with van der Waals surface area (Å²) in [5.41, 5.74) is 3.93. The maximum absolute atomic E-state index is 13.8. The van der Waals surface area contributed by atoms with Gasteiger partial charge in [-0.05, 0) is 47.5 Å². The van der Waals surface area contributed by atoms with Crippen molar-refractivity contribution in [2.75, 3.05) is 11.6 Å². The Morgan fingerprint density at radius 2 is 1.94 bits per heavy atom. The first-order valence-electron chi connectivity index (χ1n) is 9.79. The van der Waals surface area contributed by atoms with Crippen molar-refractivity contribution in [3.05, 3.63) is 93.4 Å². The third kappa shape index (κ3) is 2.97. The van der Waals surface area contributed by atoms with E-state index in [0.29, 0.717) is 11.1 Å². The quantitative estimate of drug-likeness (QED) is 0.404. The second kappa shape index (κ2) is 7.25. The first-order chi connectivity index (χ1) is 15.2. The largest absolute Gasteiger partial charge is 0.480 e. The number of ether oxygens (including phenoxy) is 1. The van der Waals surface area contributed by atoms with E-state index in [0.717, 1.165) is 33.0 Å². The van der Waals surface area contributed by atoms with E-state index in [2.05, 4.69) is 21.7 Å². The Hall–Kier alpha value is -3.10. The van der Waals surface area contributed by atoms with E-state index in [-0.39, 0.29) is 18.0 Å². The van der Waals surface area contributed by atoms with Crippen molar-refractivity contribution in [2.45, 2.75) is 17.3 Å². The molecule has 2 aromatic carbocycles. The van der Waals surface area contributed by atoms with Gasteiger partial charge < -0.3 is 10.1 Å². The van der Waals surface area contributed by atoms with Crippen molar-refractivity contribution in [3.8, 4) is 5.75 Å². The molecule has 0 bridgehead atoms. The molecule has 0 spiro atoms. The summed E-state index contributed by atoms with van der Waals surface area (Å²) in [6, 6.07) is 18.4. The maximum atomic E-state index is 13.8. The Morgan fingerprint density at radius 1 is 1.10 bits per heavy atom. The minimum atomic E-state index is -0.289. The molecule has 2 aromatic heterocycles. The highest BCUT2D eigenvalue weighted by Gasteiger charge is 2.41. The smallest absolute Gasteiger partial charge is 0.227 e. The molecular weight excluding hydrogens is 431 g/mol. The van der Waals surface area contributed by atoms with E-state index in [4.69, 9.17) is 9.84 Å². The SMILES string of the molecule is CSc1nc2n(n1)[C@@H](c1ccc(F)cc1)C1=C(N2)c2ccccc2O[C@H]1c1cccs1. The third-order valence-electron chi connectivity index (χ3n) is 5.53. The average Bonchev–Trinajstić information content (AvgIpc) is 3.47. The van der Waals surface area contributed by atoms with Crippen LogP contribution in [0.4, 0.5) is 10.3 Å². The molecule has 5 nitrogen and oxygen atoms in total. The highest BCUT2D eigenvalue weighted by molar-refractivity contribution is 7.98. The summed E-state index contributed by atoms with van der Waals surface area (Å²) < 4.78 is 22.2. The van der Waals surface area contributed by atoms with Crippen LogP contribution in [0.1, 0.15) is 28.1 Å². The fourth-order valence-corrected chi connectivity index (χ4v) is 5.31. The molecule has 0 radical (unpaired) electrons. The van der Waals surface area contributed by atoms with Gasteiger partial charge in [0.05, 0.1) is 5.70 Å². The van der Waals surface area contributed by atoms with Gasteiger partial charge in [-0.15, -0.1) is 16.4 Å². The molecular formula is C23H17FN4OS2. The van der Waals surface area contributed by atoms with Crippen LogP contribution in [0, 0.1) is 5.82 Å². The molecule has 0 saturated carbocycles. The maximum Gasteiger partial charge on any atom is 0.227 e. The van der Waals surface area contributed by atoms with Crippen LogP contribution in [-0.2, 0) is 0 Å². The fourth-order valence-electron chi connectivity index (χ4n) is 4.19. The standard InChI is InChI=1S/C23H17FN4OS2/c1-30-23-26-22-25-19-15-5-2-3-6-16(15)29-21(17-7-4-12-31-17)18(19)20(28(22)27-23)13-8-10-14(24)11-9-13/h2-12,20-21H,1H3,(H,25,26,27)/t20-,21-/m0/s1. The number of benzene rings is 2. The predicted octanol–water partition coefficient (Wildman–Crippen LogP) is 5.76. The van der Waals surface area contributed by atoms with Crippen molar-refractivity contribution in [2.24, 2.45) is 0 Å². The van der Waals surface area contributed by atoms with Gasteiger partial charge in [-0.2, -0.15) is 4.98 Å². The van der Waals surface area contributed by atoms with Crippen LogP contribution in [-0.4, -0.2) is 21.0 Å². The number of thiophene rings is 1. The van der Waals surface area contributed by atoms with Crippen LogP contribution in [0.25, 0.3) is 5.70 Å². The zero-order chi connectivity index (χ0) is 20.9. The molecule has 2 aliphatic heterocycles. The van der Waals surface area contributed by atoms with Gasteiger partial charge in [-0.3, -0.25) is 0 Å². The van der Waals surface area contributed by atoms with Crippen molar-refractivity contribution in [3.63, 3.8) is 0 Å². The minimum absolute atomic E-state index is 0.268. The van der Waals surface area contributed by atoms with Crippen LogP contribution in [0.5, 0.6) is 5.75 Å². The highest BCUT2D eigenvalue weighted by Crippen LogP contribution is 2.51. The fraction of sp³-hybridized carbons (Fsp3) is 0.130.